The first kappa shape index (κ1) is 13.8. The second kappa shape index (κ2) is 6.02. The molecule has 5 nitrogen and oxygen atoms in total. The third-order valence-electron chi connectivity index (χ3n) is 3.73. The van der Waals surface area contributed by atoms with Gasteiger partial charge in [-0.2, -0.15) is 0 Å². The maximum atomic E-state index is 12.3. The maximum absolute atomic E-state index is 12.3. The molecule has 1 aromatic rings. The highest BCUT2D eigenvalue weighted by molar-refractivity contribution is 5.92. The first-order valence-corrected chi connectivity index (χ1v) is 6.84. The first-order chi connectivity index (χ1) is 9.11. The molecule has 5 heteroatoms. The van der Waals surface area contributed by atoms with Crippen LogP contribution in [0.3, 0.4) is 0 Å². The third kappa shape index (κ3) is 3.23. The zero-order valence-corrected chi connectivity index (χ0v) is 11.7. The number of rotatable bonds is 4. The van der Waals surface area contributed by atoms with E-state index < -0.39 is 0 Å². The van der Waals surface area contributed by atoms with Gasteiger partial charge in [0.05, 0.1) is 0 Å². The van der Waals surface area contributed by atoms with Gasteiger partial charge >= 0.3 is 0 Å². The Morgan fingerprint density at radius 3 is 3.05 bits per heavy atom. The predicted octanol–water partition coefficient (Wildman–Crippen LogP) is 1.22. The van der Waals surface area contributed by atoms with E-state index in [1.165, 1.54) is 6.42 Å². The Kier molecular flexibility index (Phi) is 4.37. The number of amides is 1. The van der Waals surface area contributed by atoms with Gasteiger partial charge < -0.3 is 10.6 Å². The summed E-state index contributed by atoms with van der Waals surface area (Å²) in [4.78, 5) is 20.5. The monoisotopic (exact) mass is 262 g/mol. The van der Waals surface area contributed by atoms with Crippen LogP contribution in [-0.2, 0) is 0 Å². The fraction of sp³-hybridized carbons (Fsp3) is 0.571. The molecule has 1 saturated heterocycles. The SMILES string of the molecule is CCN1CCC[C@H]1CN(C)C(=O)c1cccc(N)n1. The van der Waals surface area contributed by atoms with Crippen molar-refractivity contribution in [3.8, 4) is 0 Å². The Hall–Kier alpha value is -1.62. The average Bonchev–Trinajstić information content (AvgIpc) is 2.85. The summed E-state index contributed by atoms with van der Waals surface area (Å²) in [5, 5.41) is 0. The van der Waals surface area contributed by atoms with Crippen molar-refractivity contribution in [2.75, 3.05) is 32.4 Å². The van der Waals surface area contributed by atoms with Crippen molar-refractivity contribution < 1.29 is 4.79 Å². The van der Waals surface area contributed by atoms with Crippen LogP contribution in [0.5, 0.6) is 0 Å². The van der Waals surface area contributed by atoms with E-state index >= 15 is 0 Å². The molecular weight excluding hydrogens is 240 g/mol. The number of carbonyl (C=O) groups excluding carboxylic acids is 1. The van der Waals surface area contributed by atoms with E-state index in [1.54, 1.807) is 23.1 Å². The van der Waals surface area contributed by atoms with Crippen LogP contribution < -0.4 is 5.73 Å². The van der Waals surface area contributed by atoms with Crippen LogP contribution in [0.25, 0.3) is 0 Å². The van der Waals surface area contributed by atoms with E-state index in [9.17, 15) is 4.79 Å². The van der Waals surface area contributed by atoms with Crippen molar-refractivity contribution in [2.45, 2.75) is 25.8 Å². The molecule has 0 saturated carbocycles. The molecule has 0 spiro atoms. The van der Waals surface area contributed by atoms with Crippen LogP contribution in [0.2, 0.25) is 0 Å². The lowest BCUT2D eigenvalue weighted by Gasteiger charge is -2.27. The van der Waals surface area contributed by atoms with Gasteiger partial charge in [-0.1, -0.05) is 13.0 Å². The second-order valence-electron chi connectivity index (χ2n) is 5.06. The molecule has 19 heavy (non-hydrogen) atoms. The summed E-state index contributed by atoms with van der Waals surface area (Å²) in [6.45, 7) is 5.10. The number of likely N-dealkylation sites (tertiary alicyclic amines) is 1. The molecule has 1 aliphatic heterocycles. The fourth-order valence-corrected chi connectivity index (χ4v) is 2.68. The molecule has 1 amide bonds. The predicted molar refractivity (Wildman–Crippen MR) is 75.9 cm³/mol. The third-order valence-corrected chi connectivity index (χ3v) is 3.73. The molecule has 0 radical (unpaired) electrons. The molecule has 0 aliphatic carbocycles. The van der Waals surface area contributed by atoms with Gasteiger partial charge in [0.2, 0.25) is 0 Å². The summed E-state index contributed by atoms with van der Waals surface area (Å²) < 4.78 is 0. The number of carbonyl (C=O) groups is 1. The van der Waals surface area contributed by atoms with Crippen molar-refractivity contribution in [3.63, 3.8) is 0 Å². The number of nitrogens with zero attached hydrogens (tertiary/aromatic N) is 3. The van der Waals surface area contributed by atoms with Gasteiger partial charge in [0.25, 0.3) is 5.91 Å². The largest absolute Gasteiger partial charge is 0.384 e. The van der Waals surface area contributed by atoms with Crippen molar-refractivity contribution in [3.05, 3.63) is 23.9 Å². The van der Waals surface area contributed by atoms with Gasteiger partial charge in [0.15, 0.2) is 0 Å². The number of pyridine rings is 1. The molecule has 2 heterocycles. The first-order valence-electron chi connectivity index (χ1n) is 6.84. The maximum Gasteiger partial charge on any atom is 0.272 e. The van der Waals surface area contributed by atoms with Crippen molar-refractivity contribution in [2.24, 2.45) is 0 Å². The number of nitrogen functional groups attached to an aromatic ring is 1. The zero-order valence-electron chi connectivity index (χ0n) is 11.7. The lowest BCUT2D eigenvalue weighted by Crippen LogP contribution is -2.41. The van der Waals surface area contributed by atoms with Crippen molar-refractivity contribution >= 4 is 11.7 Å². The van der Waals surface area contributed by atoms with Gasteiger partial charge in [-0.05, 0) is 38.1 Å². The number of nitrogens with two attached hydrogens (primary N) is 1. The normalized spacial score (nSPS) is 19.6. The minimum atomic E-state index is -0.0600. The molecule has 2 rings (SSSR count). The highest BCUT2D eigenvalue weighted by atomic mass is 16.2. The molecule has 0 unspecified atom stereocenters. The average molecular weight is 262 g/mol. The second-order valence-corrected chi connectivity index (χ2v) is 5.06. The van der Waals surface area contributed by atoms with Gasteiger partial charge in [0.1, 0.15) is 11.5 Å². The van der Waals surface area contributed by atoms with E-state index in [4.69, 9.17) is 5.73 Å². The zero-order chi connectivity index (χ0) is 13.8. The number of likely N-dealkylation sites (N-methyl/N-ethyl adjacent to an activating group) is 2. The van der Waals surface area contributed by atoms with Crippen LogP contribution in [0, 0.1) is 0 Å². The minimum absolute atomic E-state index is 0.0600. The van der Waals surface area contributed by atoms with Crippen molar-refractivity contribution in [1.82, 2.24) is 14.8 Å². The van der Waals surface area contributed by atoms with Crippen LogP contribution in [-0.4, -0.2) is 53.4 Å². The Balaban J connectivity index is 1.99. The fourth-order valence-electron chi connectivity index (χ4n) is 2.68. The lowest BCUT2D eigenvalue weighted by molar-refractivity contribution is 0.0749. The van der Waals surface area contributed by atoms with Gasteiger partial charge in [-0.25, -0.2) is 4.98 Å². The summed E-state index contributed by atoms with van der Waals surface area (Å²) in [7, 11) is 1.83. The van der Waals surface area contributed by atoms with Crippen LogP contribution in [0.4, 0.5) is 5.82 Å². The Labute approximate surface area is 114 Å². The summed E-state index contributed by atoms with van der Waals surface area (Å²) in [5.74, 6) is 0.325. The van der Waals surface area contributed by atoms with Crippen LogP contribution in [0.1, 0.15) is 30.3 Å². The summed E-state index contributed by atoms with van der Waals surface area (Å²) in [5.41, 5.74) is 6.03. The summed E-state index contributed by atoms with van der Waals surface area (Å²) >= 11 is 0. The molecule has 0 bridgehead atoms. The molecule has 2 N–H and O–H groups in total. The van der Waals surface area contributed by atoms with E-state index in [2.05, 4.69) is 16.8 Å². The molecular formula is C14H22N4O. The number of hydrogen-bond acceptors (Lipinski definition) is 4. The lowest BCUT2D eigenvalue weighted by atomic mass is 10.2. The smallest absolute Gasteiger partial charge is 0.272 e. The van der Waals surface area contributed by atoms with Gasteiger partial charge in [0, 0.05) is 19.6 Å². The standard InChI is InChI=1S/C14H22N4O/c1-3-18-9-5-6-11(18)10-17(2)14(19)12-7-4-8-13(15)16-12/h4,7-8,11H,3,5-6,9-10H2,1-2H3,(H2,15,16)/t11-/m0/s1. The topological polar surface area (TPSA) is 62.5 Å². The Morgan fingerprint density at radius 1 is 1.58 bits per heavy atom. The summed E-state index contributed by atoms with van der Waals surface area (Å²) in [6, 6.07) is 5.63. The number of anilines is 1. The molecule has 1 aromatic heterocycles. The highest BCUT2D eigenvalue weighted by Gasteiger charge is 2.26. The quantitative estimate of drug-likeness (QED) is 0.886. The number of aromatic nitrogens is 1. The van der Waals surface area contributed by atoms with Crippen LogP contribution in [0.15, 0.2) is 18.2 Å². The Morgan fingerprint density at radius 2 is 2.37 bits per heavy atom. The molecule has 1 atom stereocenters. The molecule has 0 aromatic carbocycles. The summed E-state index contributed by atoms with van der Waals surface area (Å²) in [6.07, 6.45) is 2.38. The molecule has 1 fully saturated rings. The minimum Gasteiger partial charge on any atom is -0.384 e. The van der Waals surface area contributed by atoms with Gasteiger partial charge in [-0.3, -0.25) is 9.69 Å². The van der Waals surface area contributed by atoms with Gasteiger partial charge in [-0.15, -0.1) is 0 Å². The Bertz CT molecular complexity index is 449. The number of hydrogen-bond donors (Lipinski definition) is 1. The van der Waals surface area contributed by atoms with E-state index in [0.29, 0.717) is 17.6 Å². The van der Waals surface area contributed by atoms with Crippen LogP contribution >= 0.6 is 0 Å². The molecule has 104 valence electrons. The van der Waals surface area contributed by atoms with E-state index in [0.717, 1.165) is 26.1 Å². The highest BCUT2D eigenvalue weighted by Crippen LogP contribution is 2.17. The van der Waals surface area contributed by atoms with Crippen molar-refractivity contribution in [1.29, 1.82) is 0 Å². The van der Waals surface area contributed by atoms with E-state index in [-0.39, 0.29) is 5.91 Å². The molecule has 1 aliphatic rings. The van der Waals surface area contributed by atoms with E-state index in [1.807, 2.05) is 7.05 Å².